The molecular weight excluding hydrogens is 260 g/mol. The Kier molecular flexibility index (Phi) is 4.39. The summed E-state index contributed by atoms with van der Waals surface area (Å²) in [5.41, 5.74) is 2.90. The first kappa shape index (κ1) is 14.3. The van der Waals surface area contributed by atoms with Crippen LogP contribution in [0.25, 0.3) is 0 Å². The molecule has 0 spiro atoms. The molecule has 1 aliphatic heterocycles. The van der Waals surface area contributed by atoms with Crippen molar-refractivity contribution in [2.45, 2.75) is 44.2 Å². The summed E-state index contributed by atoms with van der Waals surface area (Å²) >= 11 is 0. The van der Waals surface area contributed by atoms with Crippen LogP contribution in [-0.4, -0.2) is 29.9 Å². The van der Waals surface area contributed by atoms with E-state index in [1.165, 1.54) is 30.0 Å². The highest BCUT2D eigenvalue weighted by atomic mass is 16.1. The van der Waals surface area contributed by atoms with Gasteiger partial charge in [-0.3, -0.25) is 9.69 Å². The van der Waals surface area contributed by atoms with Gasteiger partial charge in [-0.1, -0.05) is 30.8 Å². The van der Waals surface area contributed by atoms with E-state index in [4.69, 9.17) is 0 Å². The molecule has 2 aliphatic rings. The largest absolute Gasteiger partial charge is 0.350 e. The Labute approximate surface area is 127 Å². The number of likely N-dealkylation sites (tertiary alicyclic amines) is 1. The van der Waals surface area contributed by atoms with E-state index in [0.717, 1.165) is 38.4 Å². The molecule has 0 atom stereocenters. The number of piperidine rings is 1. The highest BCUT2D eigenvalue weighted by molar-refractivity contribution is 5.87. The lowest BCUT2D eigenvalue weighted by atomic mass is 10.0. The van der Waals surface area contributed by atoms with Gasteiger partial charge in [0, 0.05) is 25.7 Å². The molecule has 1 aromatic rings. The van der Waals surface area contributed by atoms with Gasteiger partial charge in [0.05, 0.1) is 0 Å². The number of hydrogen-bond donors (Lipinski definition) is 1. The maximum absolute atomic E-state index is 11.3. The minimum Gasteiger partial charge on any atom is -0.350 e. The van der Waals surface area contributed by atoms with Crippen LogP contribution in [0.15, 0.2) is 36.9 Å². The van der Waals surface area contributed by atoms with Crippen molar-refractivity contribution in [3.8, 4) is 0 Å². The first-order chi connectivity index (χ1) is 10.2. The summed E-state index contributed by atoms with van der Waals surface area (Å²) in [5, 5.41) is 3.00. The summed E-state index contributed by atoms with van der Waals surface area (Å²) in [6.45, 7) is 6.62. The van der Waals surface area contributed by atoms with Crippen LogP contribution in [-0.2, 0) is 11.3 Å². The molecule has 3 rings (SSSR count). The second-order valence-corrected chi connectivity index (χ2v) is 6.28. The first-order valence-electron chi connectivity index (χ1n) is 7.98. The van der Waals surface area contributed by atoms with Crippen molar-refractivity contribution in [2.75, 3.05) is 13.1 Å². The van der Waals surface area contributed by atoms with E-state index in [-0.39, 0.29) is 5.91 Å². The highest BCUT2D eigenvalue weighted by Crippen LogP contribution is 2.39. The number of rotatable bonds is 5. The Hall–Kier alpha value is -1.61. The molecule has 1 saturated heterocycles. The fourth-order valence-electron chi connectivity index (χ4n) is 3.07. The lowest BCUT2D eigenvalue weighted by Crippen LogP contribution is -2.43. The van der Waals surface area contributed by atoms with Crippen LogP contribution in [0.2, 0.25) is 0 Å². The van der Waals surface area contributed by atoms with Crippen LogP contribution in [0.5, 0.6) is 0 Å². The van der Waals surface area contributed by atoms with Gasteiger partial charge in [0.15, 0.2) is 0 Å². The Balaban J connectivity index is 1.46. The lowest BCUT2D eigenvalue weighted by molar-refractivity contribution is -0.117. The van der Waals surface area contributed by atoms with Gasteiger partial charge < -0.3 is 5.32 Å². The van der Waals surface area contributed by atoms with Crippen molar-refractivity contribution in [3.05, 3.63) is 48.0 Å². The smallest absolute Gasteiger partial charge is 0.243 e. The number of benzene rings is 1. The quantitative estimate of drug-likeness (QED) is 0.843. The second kappa shape index (κ2) is 6.44. The summed E-state index contributed by atoms with van der Waals surface area (Å²) in [7, 11) is 0. The summed E-state index contributed by atoms with van der Waals surface area (Å²) in [4.78, 5) is 13.8. The third-order valence-corrected chi connectivity index (χ3v) is 4.55. The van der Waals surface area contributed by atoms with E-state index in [2.05, 4.69) is 41.1 Å². The molecule has 112 valence electrons. The normalized spacial score (nSPS) is 20.2. The van der Waals surface area contributed by atoms with Crippen molar-refractivity contribution in [2.24, 2.45) is 0 Å². The molecule has 0 unspecified atom stereocenters. The van der Waals surface area contributed by atoms with Gasteiger partial charge in [0.1, 0.15) is 0 Å². The standard InChI is InChI=1S/C18H24N2O/c1-2-18(21)19-17-9-11-20(12-10-17)13-14-3-5-15(6-4-14)16-7-8-16/h2-6,16-17H,1,7-13H2,(H,19,21). The third kappa shape index (κ3) is 3.94. The molecule has 1 aliphatic carbocycles. The van der Waals surface area contributed by atoms with Crippen LogP contribution >= 0.6 is 0 Å². The molecule has 1 amide bonds. The van der Waals surface area contributed by atoms with Gasteiger partial charge in [-0.05, 0) is 48.8 Å². The van der Waals surface area contributed by atoms with Gasteiger partial charge in [-0.25, -0.2) is 0 Å². The Morgan fingerprint density at radius 2 is 1.86 bits per heavy atom. The highest BCUT2D eigenvalue weighted by Gasteiger charge is 2.23. The maximum atomic E-state index is 11.3. The van der Waals surface area contributed by atoms with E-state index in [9.17, 15) is 4.79 Å². The number of nitrogens with zero attached hydrogens (tertiary/aromatic N) is 1. The average Bonchev–Trinajstić information content (AvgIpc) is 3.35. The number of hydrogen-bond acceptors (Lipinski definition) is 2. The molecule has 1 N–H and O–H groups in total. The molecule has 0 bridgehead atoms. The molecule has 3 nitrogen and oxygen atoms in total. The zero-order valence-electron chi connectivity index (χ0n) is 12.6. The third-order valence-electron chi connectivity index (χ3n) is 4.55. The monoisotopic (exact) mass is 284 g/mol. The predicted molar refractivity (Wildman–Crippen MR) is 85.1 cm³/mol. The minimum atomic E-state index is -0.0517. The fraction of sp³-hybridized carbons (Fsp3) is 0.500. The fourth-order valence-corrected chi connectivity index (χ4v) is 3.07. The van der Waals surface area contributed by atoms with Crippen LogP contribution in [0, 0.1) is 0 Å². The van der Waals surface area contributed by atoms with Crippen molar-refractivity contribution >= 4 is 5.91 Å². The van der Waals surface area contributed by atoms with Gasteiger partial charge >= 0.3 is 0 Å². The lowest BCUT2D eigenvalue weighted by Gasteiger charge is -2.32. The number of carbonyl (C=O) groups is 1. The summed E-state index contributed by atoms with van der Waals surface area (Å²) in [6.07, 6.45) is 6.14. The average molecular weight is 284 g/mol. The molecule has 1 saturated carbocycles. The molecule has 1 aromatic carbocycles. The molecular formula is C18H24N2O. The van der Waals surface area contributed by atoms with Crippen molar-refractivity contribution in [1.29, 1.82) is 0 Å². The second-order valence-electron chi connectivity index (χ2n) is 6.28. The predicted octanol–water partition coefficient (Wildman–Crippen LogP) is 2.83. The SMILES string of the molecule is C=CC(=O)NC1CCN(Cc2ccc(C3CC3)cc2)CC1. The van der Waals surface area contributed by atoms with E-state index in [1.54, 1.807) is 0 Å². The Morgan fingerprint density at radius 1 is 1.19 bits per heavy atom. The molecule has 0 aromatic heterocycles. The zero-order valence-corrected chi connectivity index (χ0v) is 12.6. The number of nitrogens with one attached hydrogen (secondary N) is 1. The van der Waals surface area contributed by atoms with Crippen LogP contribution < -0.4 is 5.32 Å². The van der Waals surface area contributed by atoms with E-state index in [0.29, 0.717) is 6.04 Å². The Morgan fingerprint density at radius 3 is 2.43 bits per heavy atom. The van der Waals surface area contributed by atoms with E-state index >= 15 is 0 Å². The van der Waals surface area contributed by atoms with Crippen LogP contribution in [0.4, 0.5) is 0 Å². The van der Waals surface area contributed by atoms with Crippen molar-refractivity contribution < 1.29 is 4.79 Å². The van der Waals surface area contributed by atoms with E-state index < -0.39 is 0 Å². The molecule has 1 heterocycles. The zero-order chi connectivity index (χ0) is 14.7. The van der Waals surface area contributed by atoms with Crippen molar-refractivity contribution in [1.82, 2.24) is 10.2 Å². The van der Waals surface area contributed by atoms with Gasteiger partial charge in [0.25, 0.3) is 0 Å². The van der Waals surface area contributed by atoms with Crippen LogP contribution in [0.1, 0.15) is 42.7 Å². The van der Waals surface area contributed by atoms with Gasteiger partial charge in [0.2, 0.25) is 5.91 Å². The van der Waals surface area contributed by atoms with Gasteiger partial charge in [-0.2, -0.15) is 0 Å². The minimum absolute atomic E-state index is 0.0517. The first-order valence-corrected chi connectivity index (χ1v) is 7.98. The maximum Gasteiger partial charge on any atom is 0.243 e. The summed E-state index contributed by atoms with van der Waals surface area (Å²) < 4.78 is 0. The molecule has 21 heavy (non-hydrogen) atoms. The number of carbonyl (C=O) groups excluding carboxylic acids is 1. The van der Waals surface area contributed by atoms with Gasteiger partial charge in [-0.15, -0.1) is 0 Å². The van der Waals surface area contributed by atoms with Crippen molar-refractivity contribution in [3.63, 3.8) is 0 Å². The molecule has 0 radical (unpaired) electrons. The summed E-state index contributed by atoms with van der Waals surface area (Å²) in [5.74, 6) is 0.785. The molecule has 3 heteroatoms. The van der Waals surface area contributed by atoms with Crippen LogP contribution in [0.3, 0.4) is 0 Å². The molecule has 2 fully saturated rings. The summed E-state index contributed by atoms with van der Waals surface area (Å²) in [6, 6.07) is 9.45. The topological polar surface area (TPSA) is 32.3 Å². The number of amides is 1. The Bertz CT molecular complexity index is 496. The van der Waals surface area contributed by atoms with E-state index in [1.807, 2.05) is 0 Å².